The van der Waals surface area contributed by atoms with Gasteiger partial charge in [0.15, 0.2) is 0 Å². The maximum atomic E-state index is 13.6. The number of rotatable bonds is 7. The van der Waals surface area contributed by atoms with E-state index in [1.807, 2.05) is 11.1 Å². The van der Waals surface area contributed by atoms with Crippen molar-refractivity contribution in [1.82, 2.24) is 14.7 Å². The Balaban J connectivity index is 1.34. The normalized spacial score (nSPS) is 22.1. The van der Waals surface area contributed by atoms with Crippen LogP contribution < -0.4 is 0 Å². The number of amides is 1. The minimum Gasteiger partial charge on any atom is -0.342 e. The van der Waals surface area contributed by atoms with Gasteiger partial charge in [0, 0.05) is 55.9 Å². The van der Waals surface area contributed by atoms with Crippen LogP contribution in [0.2, 0.25) is 0 Å². The number of halogens is 1. The number of hydrogen-bond acceptors (Lipinski definition) is 4. The molecule has 1 aliphatic heterocycles. The first-order chi connectivity index (χ1) is 18.9. The van der Waals surface area contributed by atoms with Gasteiger partial charge in [-0.1, -0.05) is 37.1 Å². The van der Waals surface area contributed by atoms with Gasteiger partial charge in [-0.25, -0.2) is 9.07 Å². The molecule has 0 radical (unpaired) electrons. The number of ketones is 1. The van der Waals surface area contributed by atoms with Gasteiger partial charge in [0.1, 0.15) is 11.6 Å². The molecular weight excluding hydrogens is 491 g/mol. The van der Waals surface area contributed by atoms with Crippen LogP contribution in [0.4, 0.5) is 4.39 Å². The lowest BCUT2D eigenvalue weighted by Crippen LogP contribution is -2.47. The third kappa shape index (κ3) is 5.01. The van der Waals surface area contributed by atoms with Crippen LogP contribution in [-0.4, -0.2) is 39.5 Å². The Kier molecular flexibility index (Phi) is 6.58. The van der Waals surface area contributed by atoms with Gasteiger partial charge >= 0.3 is 0 Å². The van der Waals surface area contributed by atoms with Gasteiger partial charge < -0.3 is 4.90 Å². The van der Waals surface area contributed by atoms with Gasteiger partial charge in [0.2, 0.25) is 5.91 Å². The van der Waals surface area contributed by atoms with Crippen LogP contribution in [0.3, 0.4) is 0 Å². The van der Waals surface area contributed by atoms with Crippen LogP contribution in [0.25, 0.3) is 16.8 Å². The van der Waals surface area contributed by atoms with Crippen molar-refractivity contribution in [3.05, 3.63) is 71.8 Å². The lowest BCUT2D eigenvalue weighted by atomic mass is 9.72. The standard InChI is InChI=1S/C32H33FN4O2/c1-21(38)36-17-24(18-36)22-6-8-23(9-7-22)29-19-37(26-12-10-25(33)11-13-26)35-31(29)28-5-3-2-4-27(28)30(39)16-32(20-34)14-15-32/h6-13,19,24,27-28H,2-5,14-18H2,1H3/t27-,28-/m1/s1. The number of nitrogens with zero attached hydrogens (tertiary/aromatic N) is 4. The molecule has 2 atom stereocenters. The Labute approximate surface area is 228 Å². The first kappa shape index (κ1) is 25.5. The van der Waals surface area contributed by atoms with E-state index in [0.29, 0.717) is 12.3 Å². The van der Waals surface area contributed by atoms with Gasteiger partial charge in [-0.05, 0) is 61.1 Å². The SMILES string of the molecule is CC(=O)N1CC(c2ccc(-c3cn(-c4ccc(F)cc4)nc3[C@@H]3CCCC[C@H]3C(=O)CC3(C#N)CC3)cc2)C1. The molecule has 0 unspecified atom stereocenters. The van der Waals surface area contributed by atoms with Crippen LogP contribution >= 0.6 is 0 Å². The predicted molar refractivity (Wildman–Crippen MR) is 146 cm³/mol. The molecule has 1 amide bonds. The number of carbonyl (C=O) groups excluding carboxylic acids is 2. The number of likely N-dealkylation sites (tertiary alicyclic amines) is 1. The zero-order chi connectivity index (χ0) is 27.1. The maximum Gasteiger partial charge on any atom is 0.219 e. The first-order valence-corrected chi connectivity index (χ1v) is 14.0. The molecule has 3 fully saturated rings. The zero-order valence-electron chi connectivity index (χ0n) is 22.3. The molecule has 6 rings (SSSR count). The molecule has 0 bridgehead atoms. The summed E-state index contributed by atoms with van der Waals surface area (Å²) in [7, 11) is 0. The molecule has 1 saturated heterocycles. The monoisotopic (exact) mass is 524 g/mol. The highest BCUT2D eigenvalue weighted by molar-refractivity contribution is 5.84. The molecule has 2 aliphatic carbocycles. The summed E-state index contributed by atoms with van der Waals surface area (Å²) >= 11 is 0. The largest absolute Gasteiger partial charge is 0.342 e. The number of hydrogen-bond donors (Lipinski definition) is 0. The fraction of sp³-hybridized carbons (Fsp3) is 0.438. The Morgan fingerprint density at radius 1 is 1.05 bits per heavy atom. The summed E-state index contributed by atoms with van der Waals surface area (Å²) in [5, 5.41) is 14.6. The summed E-state index contributed by atoms with van der Waals surface area (Å²) < 4.78 is 15.4. The van der Waals surface area contributed by atoms with Gasteiger partial charge in [-0.15, -0.1) is 0 Å². The fourth-order valence-electron chi connectivity index (χ4n) is 6.28. The minimum atomic E-state index is -0.454. The van der Waals surface area contributed by atoms with E-state index in [0.717, 1.165) is 74.1 Å². The van der Waals surface area contributed by atoms with E-state index in [9.17, 15) is 19.2 Å². The fourth-order valence-corrected chi connectivity index (χ4v) is 6.28. The molecule has 0 N–H and O–H groups in total. The second kappa shape index (κ2) is 10.1. The smallest absolute Gasteiger partial charge is 0.219 e. The van der Waals surface area contributed by atoms with Gasteiger partial charge in [0.25, 0.3) is 0 Å². The number of nitriles is 1. The summed E-state index contributed by atoms with van der Waals surface area (Å²) in [4.78, 5) is 27.0. The zero-order valence-corrected chi connectivity index (χ0v) is 22.3. The van der Waals surface area contributed by atoms with Crippen molar-refractivity contribution in [1.29, 1.82) is 5.26 Å². The average molecular weight is 525 g/mol. The summed E-state index contributed by atoms with van der Waals surface area (Å²) in [6.45, 7) is 3.10. The molecule has 7 heteroatoms. The van der Waals surface area contributed by atoms with Crippen molar-refractivity contribution in [2.24, 2.45) is 11.3 Å². The Morgan fingerprint density at radius 3 is 2.38 bits per heavy atom. The first-order valence-electron chi connectivity index (χ1n) is 14.0. The van der Waals surface area contributed by atoms with E-state index in [-0.39, 0.29) is 29.3 Å². The van der Waals surface area contributed by atoms with Crippen LogP contribution in [0.15, 0.2) is 54.7 Å². The number of benzene rings is 2. The minimum absolute atomic E-state index is 0.0205. The molecule has 2 aromatic carbocycles. The van der Waals surface area contributed by atoms with Crippen molar-refractivity contribution in [3.63, 3.8) is 0 Å². The molecule has 6 nitrogen and oxygen atoms in total. The highest BCUT2D eigenvalue weighted by Gasteiger charge is 2.47. The second-order valence-corrected chi connectivity index (χ2v) is 11.6. The summed E-state index contributed by atoms with van der Waals surface area (Å²) in [5.74, 6) is 0.181. The van der Waals surface area contributed by atoms with Crippen LogP contribution in [-0.2, 0) is 9.59 Å². The summed E-state index contributed by atoms with van der Waals surface area (Å²) in [6, 6.07) is 17.1. The lowest BCUT2D eigenvalue weighted by Gasteiger charge is -2.39. The summed E-state index contributed by atoms with van der Waals surface area (Å²) in [5.41, 5.74) is 4.43. The van der Waals surface area contributed by atoms with E-state index in [1.165, 1.54) is 17.7 Å². The number of carbonyl (C=O) groups is 2. The molecule has 3 aromatic rings. The van der Waals surface area contributed by atoms with Crippen LogP contribution in [0.5, 0.6) is 0 Å². The van der Waals surface area contributed by atoms with Gasteiger partial charge in [0.05, 0.1) is 22.9 Å². The molecule has 200 valence electrons. The number of aromatic nitrogens is 2. The van der Waals surface area contributed by atoms with E-state index < -0.39 is 5.41 Å². The Hall–Kier alpha value is -3.79. The lowest BCUT2D eigenvalue weighted by molar-refractivity contribution is -0.133. The van der Waals surface area contributed by atoms with Crippen molar-refractivity contribution in [2.75, 3.05) is 13.1 Å². The molecule has 39 heavy (non-hydrogen) atoms. The molecule has 2 saturated carbocycles. The van der Waals surface area contributed by atoms with E-state index >= 15 is 0 Å². The topological polar surface area (TPSA) is 79.0 Å². The van der Waals surface area contributed by atoms with Crippen LogP contribution in [0, 0.1) is 28.5 Å². The third-order valence-corrected chi connectivity index (χ3v) is 8.99. The predicted octanol–water partition coefficient (Wildman–Crippen LogP) is 6.16. The molecule has 0 spiro atoms. The highest BCUT2D eigenvalue weighted by atomic mass is 19.1. The molecular formula is C32H33FN4O2. The highest BCUT2D eigenvalue weighted by Crippen LogP contribution is 2.51. The summed E-state index contributed by atoms with van der Waals surface area (Å²) in [6.07, 6.45) is 7.70. The maximum absolute atomic E-state index is 13.6. The van der Waals surface area contributed by atoms with Gasteiger partial charge in [-0.2, -0.15) is 10.4 Å². The molecule has 2 heterocycles. The van der Waals surface area contributed by atoms with E-state index in [2.05, 4.69) is 30.3 Å². The number of Topliss-reactive ketones (excluding diaryl/α,β-unsaturated/α-hetero) is 1. The third-order valence-electron chi connectivity index (χ3n) is 8.99. The average Bonchev–Trinajstić information content (AvgIpc) is 3.55. The van der Waals surface area contributed by atoms with Crippen molar-refractivity contribution >= 4 is 11.7 Å². The quantitative estimate of drug-likeness (QED) is 0.371. The Bertz CT molecular complexity index is 1430. The van der Waals surface area contributed by atoms with Crippen LogP contribution in [0.1, 0.15) is 75.0 Å². The van der Waals surface area contributed by atoms with E-state index in [1.54, 1.807) is 23.7 Å². The van der Waals surface area contributed by atoms with E-state index in [4.69, 9.17) is 5.10 Å². The van der Waals surface area contributed by atoms with Crippen molar-refractivity contribution < 1.29 is 14.0 Å². The van der Waals surface area contributed by atoms with Gasteiger partial charge in [-0.3, -0.25) is 9.59 Å². The molecule has 1 aromatic heterocycles. The second-order valence-electron chi connectivity index (χ2n) is 11.6. The van der Waals surface area contributed by atoms with Crippen molar-refractivity contribution in [3.8, 4) is 22.9 Å². The Morgan fingerprint density at radius 2 is 1.74 bits per heavy atom. The molecule has 3 aliphatic rings. The van der Waals surface area contributed by atoms with Crippen molar-refractivity contribution in [2.45, 2.75) is 63.7 Å².